The van der Waals surface area contributed by atoms with Crippen LogP contribution in [0.3, 0.4) is 0 Å². The van der Waals surface area contributed by atoms with Crippen molar-refractivity contribution >= 4 is 17.3 Å². The molecule has 0 radical (unpaired) electrons. The average Bonchev–Trinajstić information content (AvgIpc) is 2.24. The van der Waals surface area contributed by atoms with Crippen molar-refractivity contribution in [3.8, 4) is 0 Å². The summed E-state index contributed by atoms with van der Waals surface area (Å²) in [6.07, 6.45) is 0. The molecule has 0 saturated carbocycles. The van der Waals surface area contributed by atoms with Crippen LogP contribution in [0.4, 0.5) is 0 Å². The van der Waals surface area contributed by atoms with Crippen LogP contribution in [0, 0.1) is 6.92 Å². The van der Waals surface area contributed by atoms with E-state index in [1.54, 1.807) is 6.92 Å². The van der Waals surface area contributed by atoms with Crippen LogP contribution in [0.2, 0.25) is 0 Å². The molecule has 0 unspecified atom stereocenters. The molecule has 0 amide bonds. The van der Waals surface area contributed by atoms with Gasteiger partial charge in [-0.3, -0.25) is 9.36 Å². The van der Waals surface area contributed by atoms with Crippen molar-refractivity contribution in [3.05, 3.63) is 20.2 Å². The molecular weight excluding hydrogens is 202 g/mol. The number of hydrogen-bond donors (Lipinski definition) is 1. The minimum absolute atomic E-state index is 0.130. The van der Waals surface area contributed by atoms with E-state index < -0.39 is 5.97 Å². The monoisotopic (exact) mass is 215 g/mol. The van der Waals surface area contributed by atoms with Crippen LogP contribution in [0.1, 0.15) is 36.1 Å². The van der Waals surface area contributed by atoms with Crippen LogP contribution < -0.4 is 4.87 Å². The average molecular weight is 215 g/mol. The lowest BCUT2D eigenvalue weighted by atomic mass is 10.1. The maximum absolute atomic E-state index is 11.5. The molecule has 5 heteroatoms. The summed E-state index contributed by atoms with van der Waals surface area (Å²) in [5, 5.41) is 8.83. The van der Waals surface area contributed by atoms with Gasteiger partial charge in [0.05, 0.1) is 0 Å². The molecule has 0 aromatic carbocycles. The number of aromatic carboxylic acids is 1. The molecule has 1 aromatic rings. The highest BCUT2D eigenvalue weighted by molar-refractivity contribution is 7.11. The topological polar surface area (TPSA) is 59.3 Å². The third kappa shape index (κ3) is 1.72. The van der Waals surface area contributed by atoms with Gasteiger partial charge in [-0.05, 0) is 27.7 Å². The summed E-state index contributed by atoms with van der Waals surface area (Å²) in [4.78, 5) is 22.2. The zero-order valence-electron chi connectivity index (χ0n) is 8.62. The quantitative estimate of drug-likeness (QED) is 0.775. The molecule has 0 aliphatic carbocycles. The number of aromatic nitrogens is 1. The van der Waals surface area contributed by atoms with E-state index >= 15 is 0 Å². The normalized spacial score (nSPS) is 11.7. The van der Waals surface area contributed by atoms with Crippen LogP contribution >= 0.6 is 11.3 Å². The van der Waals surface area contributed by atoms with Gasteiger partial charge in [0.25, 0.3) is 0 Å². The molecule has 1 N–H and O–H groups in total. The summed E-state index contributed by atoms with van der Waals surface area (Å²) in [6.45, 7) is 7.28. The highest BCUT2D eigenvalue weighted by atomic mass is 32.1. The Bertz CT molecular complexity index is 422. The highest BCUT2D eigenvalue weighted by Gasteiger charge is 2.23. The molecule has 14 heavy (non-hydrogen) atoms. The molecule has 1 heterocycles. The first-order valence-electron chi connectivity index (χ1n) is 4.21. The van der Waals surface area contributed by atoms with Crippen LogP contribution in [0.5, 0.6) is 0 Å². The SMILES string of the molecule is Cc1c(C(=O)O)sc(=O)n1C(C)(C)C. The van der Waals surface area contributed by atoms with E-state index in [0.29, 0.717) is 5.69 Å². The predicted molar refractivity (Wildman–Crippen MR) is 55.3 cm³/mol. The summed E-state index contributed by atoms with van der Waals surface area (Å²) in [6, 6.07) is 0. The first kappa shape index (κ1) is 11.0. The fourth-order valence-electron chi connectivity index (χ4n) is 1.42. The number of thiazole rings is 1. The van der Waals surface area contributed by atoms with E-state index in [2.05, 4.69) is 0 Å². The van der Waals surface area contributed by atoms with Crippen LogP contribution in [0.25, 0.3) is 0 Å². The minimum Gasteiger partial charge on any atom is -0.477 e. The molecule has 4 nitrogen and oxygen atoms in total. The molecule has 0 spiro atoms. The summed E-state index contributed by atoms with van der Waals surface area (Å²) in [7, 11) is 0. The molecule has 0 fully saturated rings. The van der Waals surface area contributed by atoms with Crippen LogP contribution in [-0.4, -0.2) is 15.6 Å². The van der Waals surface area contributed by atoms with Crippen LogP contribution in [-0.2, 0) is 5.54 Å². The Morgan fingerprint density at radius 2 is 1.93 bits per heavy atom. The summed E-state index contributed by atoms with van der Waals surface area (Å²) in [5.41, 5.74) is 0.158. The lowest BCUT2D eigenvalue weighted by Crippen LogP contribution is -2.31. The zero-order valence-corrected chi connectivity index (χ0v) is 9.44. The maximum Gasteiger partial charge on any atom is 0.347 e. The number of carboxylic acid groups (broad SMARTS) is 1. The Morgan fingerprint density at radius 3 is 2.14 bits per heavy atom. The Labute approximate surface area is 85.8 Å². The second-order valence-electron chi connectivity index (χ2n) is 4.09. The van der Waals surface area contributed by atoms with Crippen molar-refractivity contribution in [2.45, 2.75) is 33.2 Å². The van der Waals surface area contributed by atoms with Crippen molar-refractivity contribution in [1.29, 1.82) is 0 Å². The minimum atomic E-state index is -1.03. The van der Waals surface area contributed by atoms with Gasteiger partial charge >= 0.3 is 10.8 Å². The van der Waals surface area contributed by atoms with E-state index in [0.717, 1.165) is 11.3 Å². The molecule has 1 aromatic heterocycles. The van der Waals surface area contributed by atoms with E-state index in [1.807, 2.05) is 20.8 Å². The first-order valence-corrected chi connectivity index (χ1v) is 5.03. The fourth-order valence-corrected chi connectivity index (χ4v) is 2.42. The van der Waals surface area contributed by atoms with E-state index in [9.17, 15) is 9.59 Å². The summed E-state index contributed by atoms with van der Waals surface area (Å²) >= 11 is 0.784. The van der Waals surface area contributed by atoms with Crippen molar-refractivity contribution in [2.75, 3.05) is 0 Å². The van der Waals surface area contributed by atoms with Gasteiger partial charge in [-0.15, -0.1) is 0 Å². The maximum atomic E-state index is 11.5. The van der Waals surface area contributed by atoms with Gasteiger partial charge in [0.1, 0.15) is 4.88 Å². The molecule has 0 bridgehead atoms. The number of carbonyl (C=O) groups is 1. The van der Waals surface area contributed by atoms with Gasteiger partial charge in [0, 0.05) is 11.2 Å². The largest absolute Gasteiger partial charge is 0.477 e. The summed E-state index contributed by atoms with van der Waals surface area (Å²) in [5.74, 6) is -1.03. The second-order valence-corrected chi connectivity index (χ2v) is 5.06. The number of rotatable bonds is 1. The smallest absolute Gasteiger partial charge is 0.347 e. The molecule has 0 atom stereocenters. The third-order valence-corrected chi connectivity index (χ3v) is 2.93. The number of carboxylic acids is 1. The Balaban J connectivity index is 3.48. The number of nitrogens with zero attached hydrogens (tertiary/aromatic N) is 1. The van der Waals surface area contributed by atoms with Crippen LogP contribution in [0.15, 0.2) is 4.79 Å². The molecule has 0 aliphatic heterocycles. The molecule has 1 rings (SSSR count). The molecular formula is C9H13NO3S. The van der Waals surface area contributed by atoms with E-state index in [-0.39, 0.29) is 15.3 Å². The van der Waals surface area contributed by atoms with Crippen molar-refractivity contribution in [1.82, 2.24) is 4.57 Å². The van der Waals surface area contributed by atoms with Crippen molar-refractivity contribution < 1.29 is 9.90 Å². The molecule has 0 aliphatic rings. The fraction of sp³-hybridized carbons (Fsp3) is 0.556. The first-order chi connectivity index (χ1) is 6.25. The highest BCUT2D eigenvalue weighted by Crippen LogP contribution is 2.19. The number of hydrogen-bond acceptors (Lipinski definition) is 3. The molecule has 0 saturated heterocycles. The lowest BCUT2D eigenvalue weighted by Gasteiger charge is -2.21. The lowest BCUT2D eigenvalue weighted by molar-refractivity contribution is 0.0700. The van der Waals surface area contributed by atoms with Crippen molar-refractivity contribution in [2.24, 2.45) is 0 Å². The molecule has 78 valence electrons. The standard InChI is InChI=1S/C9H13NO3S/c1-5-6(7(11)12)14-8(13)10(5)9(2,3)4/h1-4H3,(H,11,12). The summed E-state index contributed by atoms with van der Waals surface area (Å²) < 4.78 is 1.52. The predicted octanol–water partition coefficient (Wildman–Crippen LogP) is 1.67. The van der Waals surface area contributed by atoms with E-state index in [1.165, 1.54) is 4.57 Å². The Kier molecular flexibility index (Phi) is 2.54. The zero-order chi connectivity index (χ0) is 11.1. The van der Waals surface area contributed by atoms with Gasteiger partial charge in [-0.1, -0.05) is 11.3 Å². The van der Waals surface area contributed by atoms with Crippen molar-refractivity contribution in [3.63, 3.8) is 0 Å². The van der Waals surface area contributed by atoms with Gasteiger partial charge in [0.15, 0.2) is 0 Å². The van der Waals surface area contributed by atoms with Gasteiger partial charge in [0.2, 0.25) is 0 Å². The Hall–Kier alpha value is -1.10. The second kappa shape index (κ2) is 3.24. The Morgan fingerprint density at radius 1 is 1.43 bits per heavy atom. The van der Waals surface area contributed by atoms with E-state index in [4.69, 9.17) is 5.11 Å². The third-order valence-electron chi connectivity index (χ3n) is 1.90. The van der Waals surface area contributed by atoms with Gasteiger partial charge < -0.3 is 5.11 Å². The van der Waals surface area contributed by atoms with Gasteiger partial charge in [-0.2, -0.15) is 0 Å². The van der Waals surface area contributed by atoms with Gasteiger partial charge in [-0.25, -0.2) is 4.79 Å².